The van der Waals surface area contributed by atoms with Gasteiger partial charge in [0.25, 0.3) is 5.69 Å². The van der Waals surface area contributed by atoms with Crippen LogP contribution in [0.15, 0.2) is 24.3 Å². The lowest BCUT2D eigenvalue weighted by molar-refractivity contribution is -0.384. The SMILES string of the molecule is CNOCc1ccc([N+](=O)[O-])cc1. The zero-order valence-electron chi connectivity index (χ0n) is 7.19. The molecule has 0 bridgehead atoms. The second-order valence-corrected chi connectivity index (χ2v) is 2.42. The fourth-order valence-electron chi connectivity index (χ4n) is 0.869. The lowest BCUT2D eigenvalue weighted by Gasteiger charge is -2.00. The number of rotatable bonds is 4. The number of nitrogens with one attached hydrogen (secondary N) is 1. The number of nitrogens with zero attached hydrogens (tertiary/aromatic N) is 1. The van der Waals surface area contributed by atoms with E-state index in [-0.39, 0.29) is 5.69 Å². The minimum atomic E-state index is -0.428. The fraction of sp³-hybridized carbons (Fsp3) is 0.250. The zero-order chi connectivity index (χ0) is 9.68. The Labute approximate surface area is 75.4 Å². The maximum atomic E-state index is 10.3. The Bertz CT molecular complexity index is 284. The molecule has 0 aliphatic heterocycles. The normalized spacial score (nSPS) is 9.92. The minimum Gasteiger partial charge on any atom is -0.297 e. The van der Waals surface area contributed by atoms with E-state index in [1.54, 1.807) is 19.2 Å². The third-order valence-corrected chi connectivity index (χ3v) is 1.53. The molecule has 0 saturated heterocycles. The van der Waals surface area contributed by atoms with Crippen molar-refractivity contribution in [3.63, 3.8) is 0 Å². The van der Waals surface area contributed by atoms with Crippen molar-refractivity contribution in [3.05, 3.63) is 39.9 Å². The molecule has 1 N–H and O–H groups in total. The van der Waals surface area contributed by atoms with Crippen LogP contribution in [0.25, 0.3) is 0 Å². The highest BCUT2D eigenvalue weighted by atomic mass is 16.6. The molecule has 0 fully saturated rings. The molecule has 1 rings (SSSR count). The van der Waals surface area contributed by atoms with E-state index in [1.807, 2.05) is 0 Å². The molecule has 0 aliphatic carbocycles. The second-order valence-electron chi connectivity index (χ2n) is 2.42. The molecule has 0 amide bonds. The fourth-order valence-corrected chi connectivity index (χ4v) is 0.869. The predicted molar refractivity (Wildman–Crippen MR) is 46.9 cm³/mol. The Hall–Kier alpha value is -1.46. The van der Waals surface area contributed by atoms with Gasteiger partial charge >= 0.3 is 0 Å². The van der Waals surface area contributed by atoms with Crippen LogP contribution < -0.4 is 5.48 Å². The molecule has 0 radical (unpaired) electrons. The van der Waals surface area contributed by atoms with Crippen LogP contribution in [0.2, 0.25) is 0 Å². The average Bonchev–Trinajstić information content (AvgIpc) is 2.15. The summed E-state index contributed by atoms with van der Waals surface area (Å²) < 4.78 is 0. The molecule has 0 saturated carbocycles. The van der Waals surface area contributed by atoms with Crippen LogP contribution in [0.4, 0.5) is 5.69 Å². The lowest BCUT2D eigenvalue weighted by atomic mass is 10.2. The molecule has 1 aromatic carbocycles. The van der Waals surface area contributed by atoms with Gasteiger partial charge in [-0.15, -0.1) is 0 Å². The summed E-state index contributed by atoms with van der Waals surface area (Å²) in [6.07, 6.45) is 0. The molecule has 13 heavy (non-hydrogen) atoms. The standard InChI is InChI=1S/C8H10N2O3/c1-9-13-6-7-2-4-8(5-3-7)10(11)12/h2-5,9H,6H2,1H3. The summed E-state index contributed by atoms with van der Waals surface area (Å²) in [7, 11) is 1.66. The molecule has 1 aromatic rings. The van der Waals surface area contributed by atoms with Crippen molar-refractivity contribution in [2.45, 2.75) is 6.61 Å². The first kappa shape index (κ1) is 9.63. The van der Waals surface area contributed by atoms with Crippen molar-refractivity contribution in [2.24, 2.45) is 0 Å². The number of non-ortho nitro benzene ring substituents is 1. The molecule has 70 valence electrons. The van der Waals surface area contributed by atoms with E-state index in [2.05, 4.69) is 5.48 Å². The molecule has 0 heterocycles. The molecule has 0 unspecified atom stereocenters. The van der Waals surface area contributed by atoms with Crippen LogP contribution in [0.1, 0.15) is 5.56 Å². The van der Waals surface area contributed by atoms with E-state index in [0.717, 1.165) is 5.56 Å². The number of benzene rings is 1. The molecular weight excluding hydrogens is 172 g/mol. The first-order valence-electron chi connectivity index (χ1n) is 3.76. The Morgan fingerprint density at radius 3 is 2.54 bits per heavy atom. The lowest BCUT2D eigenvalue weighted by Crippen LogP contribution is -2.06. The van der Waals surface area contributed by atoms with Gasteiger partial charge in [-0.05, 0) is 17.7 Å². The Balaban J connectivity index is 2.64. The highest BCUT2D eigenvalue weighted by molar-refractivity contribution is 5.32. The zero-order valence-corrected chi connectivity index (χ0v) is 7.19. The predicted octanol–water partition coefficient (Wildman–Crippen LogP) is 1.25. The van der Waals surface area contributed by atoms with Gasteiger partial charge in [0.1, 0.15) is 0 Å². The van der Waals surface area contributed by atoms with Crippen LogP contribution in [-0.2, 0) is 11.4 Å². The third kappa shape index (κ3) is 2.81. The minimum absolute atomic E-state index is 0.0909. The summed E-state index contributed by atoms with van der Waals surface area (Å²) in [4.78, 5) is 14.8. The molecular formula is C8H10N2O3. The second kappa shape index (κ2) is 4.54. The van der Waals surface area contributed by atoms with Gasteiger partial charge in [0.05, 0.1) is 11.5 Å². The quantitative estimate of drug-likeness (QED) is 0.562. The van der Waals surface area contributed by atoms with Gasteiger partial charge in [0.2, 0.25) is 0 Å². The Kier molecular flexibility index (Phi) is 3.36. The summed E-state index contributed by atoms with van der Waals surface area (Å²) in [5, 5.41) is 10.3. The maximum absolute atomic E-state index is 10.3. The van der Waals surface area contributed by atoms with Crippen LogP contribution in [0, 0.1) is 10.1 Å². The maximum Gasteiger partial charge on any atom is 0.269 e. The van der Waals surface area contributed by atoms with E-state index in [9.17, 15) is 10.1 Å². The molecule has 0 aliphatic rings. The van der Waals surface area contributed by atoms with Crippen LogP contribution in [-0.4, -0.2) is 12.0 Å². The van der Waals surface area contributed by atoms with E-state index in [4.69, 9.17) is 4.84 Å². The van der Waals surface area contributed by atoms with Gasteiger partial charge < -0.3 is 0 Å². The van der Waals surface area contributed by atoms with E-state index < -0.39 is 4.92 Å². The van der Waals surface area contributed by atoms with Gasteiger partial charge in [-0.25, -0.2) is 5.48 Å². The van der Waals surface area contributed by atoms with Gasteiger partial charge in [0, 0.05) is 19.2 Å². The van der Waals surface area contributed by atoms with E-state index in [1.165, 1.54) is 12.1 Å². The van der Waals surface area contributed by atoms with Crippen molar-refractivity contribution in [1.29, 1.82) is 0 Å². The number of hydrogen-bond donors (Lipinski definition) is 1. The van der Waals surface area contributed by atoms with Gasteiger partial charge in [-0.3, -0.25) is 15.0 Å². The number of nitro groups is 1. The summed E-state index contributed by atoms with van der Waals surface area (Å²) >= 11 is 0. The Morgan fingerprint density at radius 1 is 1.46 bits per heavy atom. The first-order chi connectivity index (χ1) is 6.24. The monoisotopic (exact) mass is 182 g/mol. The van der Waals surface area contributed by atoms with E-state index in [0.29, 0.717) is 6.61 Å². The number of nitro benzene ring substituents is 1. The van der Waals surface area contributed by atoms with Gasteiger partial charge in [-0.2, -0.15) is 0 Å². The van der Waals surface area contributed by atoms with Crippen molar-refractivity contribution >= 4 is 5.69 Å². The number of hydrogen-bond acceptors (Lipinski definition) is 4. The highest BCUT2D eigenvalue weighted by Gasteiger charge is 2.03. The highest BCUT2D eigenvalue weighted by Crippen LogP contribution is 2.11. The van der Waals surface area contributed by atoms with E-state index >= 15 is 0 Å². The van der Waals surface area contributed by atoms with Crippen molar-refractivity contribution in [3.8, 4) is 0 Å². The van der Waals surface area contributed by atoms with Crippen LogP contribution in [0.3, 0.4) is 0 Å². The number of hydroxylamine groups is 1. The summed E-state index contributed by atoms with van der Waals surface area (Å²) in [6, 6.07) is 6.23. The van der Waals surface area contributed by atoms with Crippen molar-refractivity contribution < 1.29 is 9.76 Å². The summed E-state index contributed by atoms with van der Waals surface area (Å²) in [5.41, 5.74) is 3.50. The smallest absolute Gasteiger partial charge is 0.269 e. The molecule has 0 spiro atoms. The Morgan fingerprint density at radius 2 is 2.08 bits per heavy atom. The van der Waals surface area contributed by atoms with Crippen LogP contribution in [0.5, 0.6) is 0 Å². The topological polar surface area (TPSA) is 64.4 Å². The summed E-state index contributed by atoms with van der Waals surface area (Å²) in [6.45, 7) is 0.397. The van der Waals surface area contributed by atoms with Crippen LogP contribution >= 0.6 is 0 Å². The van der Waals surface area contributed by atoms with Crippen molar-refractivity contribution in [1.82, 2.24) is 5.48 Å². The molecule has 5 heteroatoms. The molecule has 0 atom stereocenters. The largest absolute Gasteiger partial charge is 0.297 e. The molecule has 5 nitrogen and oxygen atoms in total. The third-order valence-electron chi connectivity index (χ3n) is 1.53. The van der Waals surface area contributed by atoms with Gasteiger partial charge in [0.15, 0.2) is 0 Å². The molecule has 0 aromatic heterocycles. The van der Waals surface area contributed by atoms with Crippen molar-refractivity contribution in [2.75, 3.05) is 7.05 Å². The summed E-state index contributed by atoms with van der Waals surface area (Å²) in [5.74, 6) is 0. The van der Waals surface area contributed by atoms with Gasteiger partial charge in [-0.1, -0.05) is 0 Å². The first-order valence-corrected chi connectivity index (χ1v) is 3.76. The average molecular weight is 182 g/mol.